The van der Waals surface area contributed by atoms with Gasteiger partial charge in [0.2, 0.25) is 0 Å². The molecule has 2 atom stereocenters. The van der Waals surface area contributed by atoms with Crippen molar-refractivity contribution in [3.63, 3.8) is 0 Å². The van der Waals surface area contributed by atoms with Gasteiger partial charge in [0.1, 0.15) is 0 Å². The van der Waals surface area contributed by atoms with E-state index in [1.54, 1.807) is 6.20 Å². The Balaban J connectivity index is 1.61. The van der Waals surface area contributed by atoms with E-state index in [0.717, 1.165) is 48.2 Å². The molecule has 0 amide bonds. The smallest absolute Gasteiger partial charge is 0.381 e. The normalized spacial score (nSPS) is 20.8. The van der Waals surface area contributed by atoms with Gasteiger partial charge in [0.15, 0.2) is 5.15 Å². The predicted octanol–water partition coefficient (Wildman–Crippen LogP) is 5.18. The molecule has 1 aromatic carbocycles. The molecular formula is C18H19ClF3N3O. The van der Waals surface area contributed by atoms with E-state index in [1.807, 2.05) is 6.92 Å². The van der Waals surface area contributed by atoms with Gasteiger partial charge < -0.3 is 10.1 Å². The quantitative estimate of drug-likeness (QED) is 0.787. The van der Waals surface area contributed by atoms with E-state index in [1.165, 1.54) is 12.1 Å². The molecule has 1 fully saturated rings. The third kappa shape index (κ3) is 4.45. The van der Waals surface area contributed by atoms with Crippen molar-refractivity contribution in [3.05, 3.63) is 52.3 Å². The second kappa shape index (κ2) is 7.80. The molecule has 1 aliphatic heterocycles. The first-order valence-electron chi connectivity index (χ1n) is 8.39. The Hall–Kier alpha value is -1.86. The van der Waals surface area contributed by atoms with E-state index in [9.17, 15) is 13.2 Å². The van der Waals surface area contributed by atoms with Crippen LogP contribution < -0.4 is 5.32 Å². The lowest BCUT2D eigenvalue weighted by Gasteiger charge is -2.31. The van der Waals surface area contributed by atoms with Crippen molar-refractivity contribution in [2.75, 3.05) is 11.9 Å². The van der Waals surface area contributed by atoms with Crippen molar-refractivity contribution in [1.82, 2.24) is 10.2 Å². The zero-order chi connectivity index (χ0) is 18.7. The highest BCUT2D eigenvalue weighted by Crippen LogP contribution is 2.34. The van der Waals surface area contributed by atoms with Crippen molar-refractivity contribution < 1.29 is 17.9 Å². The Morgan fingerprint density at radius 2 is 1.96 bits per heavy atom. The number of ether oxygens (including phenoxy) is 1. The molecule has 0 saturated carbocycles. The van der Waals surface area contributed by atoms with E-state index in [4.69, 9.17) is 16.3 Å². The van der Waals surface area contributed by atoms with Crippen LogP contribution in [0.15, 0.2) is 30.5 Å². The second-order valence-electron chi connectivity index (χ2n) is 6.35. The summed E-state index contributed by atoms with van der Waals surface area (Å²) in [6.45, 7) is 2.42. The first kappa shape index (κ1) is 18.9. The minimum Gasteiger partial charge on any atom is -0.381 e. The van der Waals surface area contributed by atoms with Crippen LogP contribution in [-0.2, 0) is 10.9 Å². The van der Waals surface area contributed by atoms with Gasteiger partial charge >= 0.3 is 6.18 Å². The summed E-state index contributed by atoms with van der Waals surface area (Å²) in [6, 6.07) is 5.21. The van der Waals surface area contributed by atoms with E-state index in [2.05, 4.69) is 15.5 Å². The van der Waals surface area contributed by atoms with E-state index >= 15 is 0 Å². The molecule has 8 heteroatoms. The standard InChI is InChI=1S/C18H19ClF3N3O/c1-11-15(10-24-25-17(11)19)23-9-14-3-2-4-16(26-14)12-5-7-13(8-6-12)18(20,21)22/h5-8,10,14,16H,2-4,9H2,1H3,(H,23,25)/t14-,16+/m1/s1. The molecule has 2 heterocycles. The summed E-state index contributed by atoms with van der Waals surface area (Å²) in [5.41, 5.74) is 1.74. The third-order valence-electron chi connectivity index (χ3n) is 4.52. The van der Waals surface area contributed by atoms with Gasteiger partial charge in [0.25, 0.3) is 0 Å². The number of alkyl halides is 3. The fourth-order valence-corrected chi connectivity index (χ4v) is 3.15. The minimum absolute atomic E-state index is 0.0395. The Bertz CT molecular complexity index is 752. The lowest BCUT2D eigenvalue weighted by Crippen LogP contribution is -2.29. The van der Waals surface area contributed by atoms with Gasteiger partial charge in [-0.05, 0) is 43.9 Å². The van der Waals surface area contributed by atoms with Gasteiger partial charge in [0.05, 0.1) is 29.7 Å². The van der Waals surface area contributed by atoms with E-state index < -0.39 is 11.7 Å². The van der Waals surface area contributed by atoms with E-state index in [0.29, 0.717) is 11.7 Å². The van der Waals surface area contributed by atoms with Crippen LogP contribution in [0, 0.1) is 6.92 Å². The molecule has 4 nitrogen and oxygen atoms in total. The molecular weight excluding hydrogens is 367 g/mol. The molecule has 2 aromatic rings. The van der Waals surface area contributed by atoms with Crippen molar-refractivity contribution >= 4 is 17.3 Å². The van der Waals surface area contributed by atoms with Crippen molar-refractivity contribution in [3.8, 4) is 0 Å². The van der Waals surface area contributed by atoms with Crippen LogP contribution in [0.2, 0.25) is 5.15 Å². The molecule has 0 unspecified atom stereocenters. The van der Waals surface area contributed by atoms with Crippen LogP contribution in [0.4, 0.5) is 18.9 Å². The van der Waals surface area contributed by atoms with Crippen LogP contribution in [0.25, 0.3) is 0 Å². The van der Waals surface area contributed by atoms with Crippen LogP contribution in [0.3, 0.4) is 0 Å². The molecule has 26 heavy (non-hydrogen) atoms. The average molecular weight is 386 g/mol. The summed E-state index contributed by atoms with van der Waals surface area (Å²) in [4.78, 5) is 0. The number of halogens is 4. The molecule has 0 bridgehead atoms. The number of aromatic nitrogens is 2. The number of hydrogen-bond donors (Lipinski definition) is 1. The summed E-state index contributed by atoms with van der Waals surface area (Å²) in [7, 11) is 0. The Morgan fingerprint density at radius 3 is 2.65 bits per heavy atom. The number of nitrogens with zero attached hydrogens (tertiary/aromatic N) is 2. The maximum atomic E-state index is 12.7. The second-order valence-corrected chi connectivity index (χ2v) is 6.71. The molecule has 0 radical (unpaired) electrons. The van der Waals surface area contributed by atoms with Crippen LogP contribution in [0.5, 0.6) is 0 Å². The van der Waals surface area contributed by atoms with Gasteiger partial charge in [-0.3, -0.25) is 0 Å². The molecule has 1 aliphatic rings. The summed E-state index contributed by atoms with van der Waals surface area (Å²) < 4.78 is 44.1. The van der Waals surface area contributed by atoms with Gasteiger partial charge in [0, 0.05) is 12.1 Å². The molecule has 3 rings (SSSR count). The summed E-state index contributed by atoms with van der Waals surface area (Å²) >= 11 is 5.96. The number of hydrogen-bond acceptors (Lipinski definition) is 4. The number of nitrogens with one attached hydrogen (secondary N) is 1. The Morgan fingerprint density at radius 1 is 1.23 bits per heavy atom. The highest BCUT2D eigenvalue weighted by atomic mass is 35.5. The lowest BCUT2D eigenvalue weighted by atomic mass is 9.97. The zero-order valence-electron chi connectivity index (χ0n) is 14.2. The zero-order valence-corrected chi connectivity index (χ0v) is 14.9. The molecule has 140 valence electrons. The van der Waals surface area contributed by atoms with Gasteiger partial charge in [-0.25, -0.2) is 0 Å². The molecule has 1 aromatic heterocycles. The highest BCUT2D eigenvalue weighted by molar-refractivity contribution is 6.30. The van der Waals surface area contributed by atoms with Crippen molar-refractivity contribution in [2.24, 2.45) is 0 Å². The summed E-state index contributed by atoms with van der Waals surface area (Å²) in [5, 5.41) is 11.2. The molecule has 1 saturated heterocycles. The molecule has 1 N–H and O–H groups in total. The largest absolute Gasteiger partial charge is 0.416 e. The fraction of sp³-hybridized carbons (Fsp3) is 0.444. The molecule has 0 spiro atoms. The fourth-order valence-electron chi connectivity index (χ4n) is 3.00. The first-order valence-corrected chi connectivity index (χ1v) is 8.76. The Kier molecular flexibility index (Phi) is 5.67. The monoisotopic (exact) mass is 385 g/mol. The van der Waals surface area contributed by atoms with Crippen LogP contribution in [-0.4, -0.2) is 22.8 Å². The number of rotatable bonds is 4. The summed E-state index contributed by atoms with van der Waals surface area (Å²) in [6.07, 6.45) is -0.320. The maximum absolute atomic E-state index is 12.7. The summed E-state index contributed by atoms with van der Waals surface area (Å²) in [5.74, 6) is 0. The SMILES string of the molecule is Cc1c(NC[C@H]2CCC[C@@H](c3ccc(C(F)(F)F)cc3)O2)cnnc1Cl. The predicted molar refractivity (Wildman–Crippen MR) is 93.2 cm³/mol. The maximum Gasteiger partial charge on any atom is 0.416 e. The topological polar surface area (TPSA) is 47.0 Å². The van der Waals surface area contributed by atoms with Crippen LogP contribution >= 0.6 is 11.6 Å². The van der Waals surface area contributed by atoms with Gasteiger partial charge in [-0.15, -0.1) is 5.10 Å². The Labute approximate surface area is 154 Å². The first-order chi connectivity index (χ1) is 12.3. The van der Waals surface area contributed by atoms with Crippen molar-refractivity contribution in [1.29, 1.82) is 0 Å². The number of anilines is 1. The third-order valence-corrected chi connectivity index (χ3v) is 4.88. The highest BCUT2D eigenvalue weighted by Gasteiger charge is 2.31. The van der Waals surface area contributed by atoms with Gasteiger partial charge in [-0.2, -0.15) is 18.3 Å². The minimum atomic E-state index is -4.32. The average Bonchev–Trinajstić information content (AvgIpc) is 2.63. The van der Waals surface area contributed by atoms with Crippen molar-refractivity contribution in [2.45, 2.75) is 44.6 Å². The van der Waals surface area contributed by atoms with Gasteiger partial charge in [-0.1, -0.05) is 23.7 Å². The van der Waals surface area contributed by atoms with E-state index in [-0.39, 0.29) is 12.2 Å². The lowest BCUT2D eigenvalue weighted by molar-refractivity contribution is -0.137. The van der Waals surface area contributed by atoms with Crippen LogP contribution in [0.1, 0.15) is 42.1 Å². The molecule has 0 aliphatic carbocycles. The number of benzene rings is 1.